The average molecular weight is 396 g/mol. The van der Waals surface area contributed by atoms with Crippen LogP contribution in [0.1, 0.15) is 12.5 Å². The van der Waals surface area contributed by atoms with E-state index >= 15 is 0 Å². The predicted molar refractivity (Wildman–Crippen MR) is 109 cm³/mol. The number of benzene rings is 2. The number of rotatable bonds is 5. The number of hydrogen-bond donors (Lipinski definition) is 2. The minimum Gasteiger partial charge on any atom is -0.341 e. The number of amides is 3. The standard InChI is InChI=1S/C20H20N4O3S/c1-13(17(25)23-19(27)21-2)28-20-22-16-11-7-6-10-15(16)18(26)24(20)12-14-8-4-3-5-9-14/h3-11,13H,12H2,1-2H3,(H2,21,23,25,27)/t13-/m0/s1. The first-order chi connectivity index (χ1) is 13.5. The maximum Gasteiger partial charge on any atom is 0.321 e. The van der Waals surface area contributed by atoms with Gasteiger partial charge in [-0.3, -0.25) is 19.5 Å². The third kappa shape index (κ3) is 4.40. The lowest BCUT2D eigenvalue weighted by atomic mass is 10.2. The number of hydrogen-bond acceptors (Lipinski definition) is 5. The van der Waals surface area contributed by atoms with Gasteiger partial charge in [-0.15, -0.1) is 0 Å². The lowest BCUT2D eigenvalue weighted by Gasteiger charge is -2.16. The number of imide groups is 1. The maximum atomic E-state index is 13.1. The monoisotopic (exact) mass is 396 g/mol. The van der Waals surface area contributed by atoms with Crippen molar-refractivity contribution in [2.45, 2.75) is 23.9 Å². The van der Waals surface area contributed by atoms with Crippen LogP contribution in [0.3, 0.4) is 0 Å². The molecular formula is C20H20N4O3S. The maximum absolute atomic E-state index is 13.1. The van der Waals surface area contributed by atoms with Gasteiger partial charge in [-0.1, -0.05) is 54.2 Å². The van der Waals surface area contributed by atoms with E-state index in [1.54, 1.807) is 29.7 Å². The van der Waals surface area contributed by atoms with Crippen LogP contribution in [-0.4, -0.2) is 33.8 Å². The highest BCUT2D eigenvalue weighted by Crippen LogP contribution is 2.23. The van der Waals surface area contributed by atoms with Gasteiger partial charge in [0.2, 0.25) is 5.91 Å². The molecule has 0 unspecified atom stereocenters. The van der Waals surface area contributed by atoms with Crippen LogP contribution in [0.4, 0.5) is 4.79 Å². The Kier molecular flexibility index (Phi) is 6.10. The molecule has 8 heteroatoms. The molecule has 7 nitrogen and oxygen atoms in total. The first-order valence-corrected chi connectivity index (χ1v) is 9.60. The highest BCUT2D eigenvalue weighted by atomic mass is 32.2. The Morgan fingerprint density at radius 2 is 1.79 bits per heavy atom. The van der Waals surface area contributed by atoms with Crippen molar-refractivity contribution in [2.75, 3.05) is 7.05 Å². The van der Waals surface area contributed by atoms with Gasteiger partial charge in [0.1, 0.15) is 0 Å². The molecule has 1 heterocycles. The molecule has 1 atom stereocenters. The second kappa shape index (κ2) is 8.71. The number of nitrogens with one attached hydrogen (secondary N) is 2. The Morgan fingerprint density at radius 1 is 1.11 bits per heavy atom. The first-order valence-electron chi connectivity index (χ1n) is 8.72. The molecule has 3 rings (SSSR count). The number of carbonyl (C=O) groups is 2. The number of nitrogens with zero attached hydrogens (tertiary/aromatic N) is 2. The average Bonchev–Trinajstić information content (AvgIpc) is 2.71. The van der Waals surface area contributed by atoms with Gasteiger partial charge in [0, 0.05) is 7.05 Å². The van der Waals surface area contributed by atoms with Gasteiger partial charge in [0.25, 0.3) is 5.56 Å². The summed E-state index contributed by atoms with van der Waals surface area (Å²) >= 11 is 1.14. The third-order valence-corrected chi connectivity index (χ3v) is 5.22. The van der Waals surface area contributed by atoms with Crippen LogP contribution in [0.25, 0.3) is 10.9 Å². The van der Waals surface area contributed by atoms with E-state index in [1.165, 1.54) is 7.05 Å². The van der Waals surface area contributed by atoms with Crippen LogP contribution < -0.4 is 16.2 Å². The largest absolute Gasteiger partial charge is 0.341 e. The lowest BCUT2D eigenvalue weighted by Crippen LogP contribution is -2.41. The zero-order valence-corrected chi connectivity index (χ0v) is 16.3. The van der Waals surface area contributed by atoms with Gasteiger partial charge in [-0.05, 0) is 24.6 Å². The number of urea groups is 1. The van der Waals surface area contributed by atoms with E-state index < -0.39 is 17.2 Å². The van der Waals surface area contributed by atoms with Crippen molar-refractivity contribution in [3.63, 3.8) is 0 Å². The number of carbonyl (C=O) groups excluding carboxylic acids is 2. The van der Waals surface area contributed by atoms with E-state index in [2.05, 4.69) is 15.6 Å². The second-order valence-electron chi connectivity index (χ2n) is 6.12. The fourth-order valence-corrected chi connectivity index (χ4v) is 3.54. The van der Waals surface area contributed by atoms with Crippen LogP contribution in [0.2, 0.25) is 0 Å². The van der Waals surface area contributed by atoms with Crippen molar-refractivity contribution in [2.24, 2.45) is 0 Å². The normalized spacial score (nSPS) is 11.8. The smallest absolute Gasteiger partial charge is 0.321 e. The Balaban J connectivity index is 1.99. The van der Waals surface area contributed by atoms with Crippen LogP contribution in [-0.2, 0) is 11.3 Å². The Hall–Kier alpha value is -3.13. The Labute approximate surface area is 166 Å². The zero-order chi connectivity index (χ0) is 20.1. The second-order valence-corrected chi connectivity index (χ2v) is 7.42. The summed E-state index contributed by atoms with van der Waals surface area (Å²) in [6.07, 6.45) is 0. The van der Waals surface area contributed by atoms with Crippen LogP contribution in [0.5, 0.6) is 0 Å². The van der Waals surface area contributed by atoms with Crippen LogP contribution >= 0.6 is 11.8 Å². The van der Waals surface area contributed by atoms with Gasteiger partial charge in [-0.2, -0.15) is 0 Å². The number of thioether (sulfide) groups is 1. The van der Waals surface area contributed by atoms with Crippen molar-refractivity contribution in [3.8, 4) is 0 Å². The van der Waals surface area contributed by atoms with E-state index in [-0.39, 0.29) is 5.56 Å². The molecular weight excluding hydrogens is 376 g/mol. The number of para-hydroxylation sites is 1. The van der Waals surface area contributed by atoms with Crippen molar-refractivity contribution in [1.82, 2.24) is 20.2 Å². The fourth-order valence-electron chi connectivity index (χ4n) is 2.63. The summed E-state index contributed by atoms with van der Waals surface area (Å²) in [5.74, 6) is -0.460. The topological polar surface area (TPSA) is 93.1 Å². The summed E-state index contributed by atoms with van der Waals surface area (Å²) in [4.78, 5) is 41.3. The van der Waals surface area contributed by atoms with E-state index in [0.29, 0.717) is 22.6 Å². The molecule has 0 aliphatic rings. The molecule has 0 saturated heterocycles. The predicted octanol–water partition coefficient (Wildman–Crippen LogP) is 2.38. The molecule has 2 aromatic carbocycles. The summed E-state index contributed by atoms with van der Waals surface area (Å²) < 4.78 is 1.56. The van der Waals surface area contributed by atoms with Crippen molar-refractivity contribution in [3.05, 3.63) is 70.5 Å². The molecule has 3 amide bonds. The molecule has 0 saturated carbocycles. The van der Waals surface area contributed by atoms with E-state index in [4.69, 9.17) is 0 Å². The molecule has 144 valence electrons. The Morgan fingerprint density at radius 3 is 2.50 bits per heavy atom. The lowest BCUT2D eigenvalue weighted by molar-refractivity contribution is -0.119. The molecule has 3 aromatic rings. The molecule has 0 fully saturated rings. The third-order valence-electron chi connectivity index (χ3n) is 4.13. The summed E-state index contributed by atoms with van der Waals surface area (Å²) in [6.45, 7) is 2.00. The highest BCUT2D eigenvalue weighted by Gasteiger charge is 2.20. The van der Waals surface area contributed by atoms with E-state index in [9.17, 15) is 14.4 Å². The number of aromatic nitrogens is 2. The van der Waals surface area contributed by atoms with Gasteiger partial charge in [-0.25, -0.2) is 9.78 Å². The molecule has 1 aromatic heterocycles. The molecule has 0 aliphatic heterocycles. The Bertz CT molecular complexity index is 1070. The molecule has 0 radical (unpaired) electrons. The minimum atomic E-state index is -0.618. The molecule has 0 bridgehead atoms. The summed E-state index contributed by atoms with van der Waals surface area (Å²) in [5, 5.41) is 4.91. The number of fused-ring (bicyclic) bond motifs is 1. The van der Waals surface area contributed by atoms with E-state index in [0.717, 1.165) is 17.3 Å². The molecule has 28 heavy (non-hydrogen) atoms. The van der Waals surface area contributed by atoms with Crippen molar-refractivity contribution >= 4 is 34.6 Å². The first kappa shape index (κ1) is 19.6. The molecule has 0 aliphatic carbocycles. The van der Waals surface area contributed by atoms with Crippen molar-refractivity contribution < 1.29 is 9.59 Å². The quantitative estimate of drug-likeness (QED) is 0.510. The molecule has 0 spiro atoms. The molecule has 2 N–H and O–H groups in total. The van der Waals surface area contributed by atoms with Gasteiger partial charge in [0.05, 0.1) is 22.7 Å². The van der Waals surface area contributed by atoms with Gasteiger partial charge >= 0.3 is 6.03 Å². The van der Waals surface area contributed by atoms with E-state index in [1.807, 2.05) is 36.4 Å². The summed E-state index contributed by atoms with van der Waals surface area (Å²) in [5.41, 5.74) is 1.35. The highest BCUT2D eigenvalue weighted by molar-refractivity contribution is 8.00. The van der Waals surface area contributed by atoms with Gasteiger partial charge < -0.3 is 5.32 Å². The summed E-state index contributed by atoms with van der Waals surface area (Å²) in [6, 6.07) is 16.1. The van der Waals surface area contributed by atoms with Crippen molar-refractivity contribution in [1.29, 1.82) is 0 Å². The van der Waals surface area contributed by atoms with Crippen LogP contribution in [0, 0.1) is 0 Å². The SMILES string of the molecule is CNC(=O)NC(=O)[C@H](C)Sc1nc2ccccc2c(=O)n1Cc1ccccc1. The van der Waals surface area contributed by atoms with Crippen LogP contribution in [0.15, 0.2) is 64.5 Å². The zero-order valence-electron chi connectivity index (χ0n) is 15.5. The van der Waals surface area contributed by atoms with Gasteiger partial charge in [0.15, 0.2) is 5.16 Å². The summed E-state index contributed by atoms with van der Waals surface area (Å²) in [7, 11) is 1.43. The fraction of sp³-hybridized carbons (Fsp3) is 0.200. The minimum absolute atomic E-state index is 0.170.